The average Bonchev–Trinajstić information content (AvgIpc) is 2.97. The van der Waals surface area contributed by atoms with Crippen LogP contribution in [0.25, 0.3) is 22.1 Å². The SMILES string of the molecule is CC(=O)O[C@@H]1[C@H](O)[C@@H](OC(=O)c2cccc3nc4c(C(=O)O[C@H]5O[C@H](C)[C@@H](O)[C@H](O)[C@@H]5O)cccc4nc23)O[C@H](C)[C@H]1O. The summed E-state index contributed by atoms with van der Waals surface area (Å²) in [6.07, 6.45) is -14.1. The Hall–Kier alpha value is -3.83. The van der Waals surface area contributed by atoms with E-state index in [1.807, 2.05) is 0 Å². The number of carbonyl (C=O) groups excluding carboxylic acids is 3. The van der Waals surface area contributed by atoms with Crippen molar-refractivity contribution in [3.8, 4) is 0 Å². The molecular formula is C28H30N2O13. The fourth-order valence-corrected chi connectivity index (χ4v) is 4.92. The zero-order chi connectivity index (χ0) is 31.2. The molecule has 15 heteroatoms. The van der Waals surface area contributed by atoms with Crippen molar-refractivity contribution < 1.29 is 63.6 Å². The number of fused-ring (bicyclic) bond motifs is 2. The van der Waals surface area contributed by atoms with Crippen molar-refractivity contribution in [3.63, 3.8) is 0 Å². The second-order valence-electron chi connectivity index (χ2n) is 10.3. The van der Waals surface area contributed by atoms with Crippen LogP contribution in [0.15, 0.2) is 36.4 Å². The summed E-state index contributed by atoms with van der Waals surface area (Å²) >= 11 is 0. The predicted octanol–water partition coefficient (Wildman–Crippen LogP) is -0.678. The number of aliphatic hydroxyl groups is 5. The van der Waals surface area contributed by atoms with Crippen LogP contribution in [0.2, 0.25) is 0 Å². The van der Waals surface area contributed by atoms with Crippen LogP contribution in [-0.4, -0.2) is 115 Å². The van der Waals surface area contributed by atoms with Crippen LogP contribution < -0.4 is 0 Å². The van der Waals surface area contributed by atoms with Crippen molar-refractivity contribution in [3.05, 3.63) is 47.5 Å². The molecule has 0 saturated carbocycles. The molecule has 2 fully saturated rings. The maximum Gasteiger partial charge on any atom is 0.342 e. The molecule has 2 aromatic carbocycles. The highest BCUT2D eigenvalue weighted by Gasteiger charge is 2.47. The lowest BCUT2D eigenvalue weighted by atomic mass is 9.99. The van der Waals surface area contributed by atoms with E-state index in [0.717, 1.165) is 6.92 Å². The topological polar surface area (TPSA) is 224 Å². The van der Waals surface area contributed by atoms with Gasteiger partial charge in [-0.15, -0.1) is 0 Å². The van der Waals surface area contributed by atoms with E-state index in [0.29, 0.717) is 0 Å². The second kappa shape index (κ2) is 12.0. The quantitative estimate of drug-likeness (QED) is 0.139. The summed E-state index contributed by atoms with van der Waals surface area (Å²) in [5.74, 6) is -2.66. The van der Waals surface area contributed by atoms with Crippen molar-refractivity contribution in [2.75, 3.05) is 0 Å². The molecule has 0 radical (unpaired) electrons. The molecule has 0 bridgehead atoms. The van der Waals surface area contributed by atoms with Gasteiger partial charge < -0.3 is 49.2 Å². The average molecular weight is 603 g/mol. The van der Waals surface area contributed by atoms with E-state index in [4.69, 9.17) is 23.7 Å². The van der Waals surface area contributed by atoms with Crippen LogP contribution in [-0.2, 0) is 28.5 Å². The Kier molecular flexibility index (Phi) is 8.58. The molecule has 5 N–H and O–H groups in total. The van der Waals surface area contributed by atoms with Gasteiger partial charge in [0.05, 0.1) is 34.4 Å². The van der Waals surface area contributed by atoms with Crippen LogP contribution in [0.5, 0.6) is 0 Å². The fourth-order valence-electron chi connectivity index (χ4n) is 4.92. The third kappa shape index (κ3) is 5.88. The molecule has 0 unspecified atom stereocenters. The Balaban J connectivity index is 1.41. The number of nitrogens with zero attached hydrogens (tertiary/aromatic N) is 2. The molecule has 43 heavy (non-hydrogen) atoms. The Bertz CT molecular complexity index is 1550. The molecule has 3 aromatic rings. The minimum atomic E-state index is -1.70. The zero-order valence-electron chi connectivity index (χ0n) is 23.1. The number of ether oxygens (including phenoxy) is 5. The Morgan fingerprint density at radius 1 is 0.651 bits per heavy atom. The molecule has 230 valence electrons. The lowest BCUT2D eigenvalue weighted by Crippen LogP contribution is -2.59. The molecule has 2 aliphatic heterocycles. The van der Waals surface area contributed by atoms with Gasteiger partial charge in [-0.25, -0.2) is 19.6 Å². The minimum Gasteiger partial charge on any atom is -0.457 e. The van der Waals surface area contributed by atoms with Gasteiger partial charge in [0.15, 0.2) is 12.2 Å². The fraction of sp³-hybridized carbons (Fsp3) is 0.464. The van der Waals surface area contributed by atoms with Gasteiger partial charge in [-0.2, -0.15) is 0 Å². The smallest absolute Gasteiger partial charge is 0.342 e. The van der Waals surface area contributed by atoms with Crippen LogP contribution >= 0.6 is 0 Å². The van der Waals surface area contributed by atoms with Gasteiger partial charge in [-0.3, -0.25) is 4.79 Å². The monoisotopic (exact) mass is 602 g/mol. The van der Waals surface area contributed by atoms with E-state index < -0.39 is 79.3 Å². The molecule has 15 nitrogen and oxygen atoms in total. The highest BCUT2D eigenvalue weighted by Crippen LogP contribution is 2.28. The van der Waals surface area contributed by atoms with Gasteiger partial charge in [0, 0.05) is 6.92 Å². The maximum atomic E-state index is 13.2. The molecule has 0 aliphatic carbocycles. The van der Waals surface area contributed by atoms with Gasteiger partial charge in [-0.05, 0) is 38.1 Å². The van der Waals surface area contributed by atoms with Crippen LogP contribution in [0.3, 0.4) is 0 Å². The molecule has 1 aromatic heterocycles. The van der Waals surface area contributed by atoms with Crippen molar-refractivity contribution in [1.82, 2.24) is 9.97 Å². The summed E-state index contributed by atoms with van der Waals surface area (Å²) in [5, 5.41) is 51.0. The highest BCUT2D eigenvalue weighted by molar-refractivity contribution is 6.07. The van der Waals surface area contributed by atoms with Gasteiger partial charge in [0.2, 0.25) is 12.6 Å². The summed E-state index contributed by atoms with van der Waals surface area (Å²) in [4.78, 5) is 46.8. The molecule has 2 saturated heterocycles. The number of hydrogen-bond donors (Lipinski definition) is 5. The first-order chi connectivity index (χ1) is 20.4. The summed E-state index contributed by atoms with van der Waals surface area (Å²) < 4.78 is 26.5. The second-order valence-corrected chi connectivity index (χ2v) is 10.3. The minimum absolute atomic E-state index is 0.0493. The van der Waals surface area contributed by atoms with E-state index in [1.165, 1.54) is 50.2 Å². The molecule has 5 rings (SSSR count). The molecule has 3 heterocycles. The summed E-state index contributed by atoms with van der Waals surface area (Å²) in [5.41, 5.74) is 0.470. The number of benzene rings is 2. The van der Waals surface area contributed by atoms with E-state index >= 15 is 0 Å². The summed E-state index contributed by atoms with van der Waals surface area (Å²) in [7, 11) is 0. The van der Waals surface area contributed by atoms with Gasteiger partial charge in [0.25, 0.3) is 0 Å². The number of aromatic nitrogens is 2. The van der Waals surface area contributed by atoms with Crippen molar-refractivity contribution in [2.24, 2.45) is 0 Å². The van der Waals surface area contributed by atoms with Gasteiger partial charge in [-0.1, -0.05) is 12.1 Å². The number of para-hydroxylation sites is 2. The Morgan fingerprint density at radius 3 is 1.60 bits per heavy atom. The third-order valence-electron chi connectivity index (χ3n) is 7.27. The molecule has 0 amide bonds. The van der Waals surface area contributed by atoms with Crippen LogP contribution in [0.1, 0.15) is 41.5 Å². The Labute approximate surface area is 243 Å². The van der Waals surface area contributed by atoms with Crippen molar-refractivity contribution in [1.29, 1.82) is 0 Å². The highest BCUT2D eigenvalue weighted by atomic mass is 16.7. The predicted molar refractivity (Wildman–Crippen MR) is 142 cm³/mol. The third-order valence-corrected chi connectivity index (χ3v) is 7.27. The largest absolute Gasteiger partial charge is 0.457 e. The number of aliphatic hydroxyl groups excluding tert-OH is 5. The summed E-state index contributed by atoms with van der Waals surface area (Å²) in [6, 6.07) is 8.87. The first-order valence-corrected chi connectivity index (χ1v) is 13.4. The van der Waals surface area contributed by atoms with Gasteiger partial charge in [0.1, 0.15) is 35.4 Å². The molecule has 10 atom stereocenters. The van der Waals surface area contributed by atoms with Crippen molar-refractivity contribution in [2.45, 2.75) is 82.2 Å². The number of hydrogen-bond acceptors (Lipinski definition) is 15. The van der Waals surface area contributed by atoms with E-state index in [1.54, 1.807) is 0 Å². The lowest BCUT2D eigenvalue weighted by molar-refractivity contribution is -0.279. The number of esters is 3. The number of rotatable bonds is 5. The van der Waals surface area contributed by atoms with E-state index in [2.05, 4.69) is 9.97 Å². The van der Waals surface area contributed by atoms with E-state index in [9.17, 15) is 39.9 Å². The standard InChI is InChI=1S/C28H30N2O13/c1-10-19(32)21(34)22(35)27(39-10)42-25(37)13-6-4-8-15-17(13)29-16-9-5-7-14(18(16)30-15)26(38)43-28-23(36)24(41-12(3)31)20(33)11(2)40-28/h4-11,19-24,27-28,32-36H,1-3H3/t10-,11-,19-,20-,21+,22+,23+,24+,27-,28-/m1/s1. The lowest BCUT2D eigenvalue weighted by Gasteiger charge is -2.40. The molecule has 0 spiro atoms. The zero-order valence-corrected chi connectivity index (χ0v) is 23.1. The van der Waals surface area contributed by atoms with Gasteiger partial charge >= 0.3 is 17.9 Å². The first-order valence-electron chi connectivity index (χ1n) is 13.4. The first kappa shape index (κ1) is 30.6. The molecule has 2 aliphatic rings. The number of carbonyl (C=O) groups is 3. The maximum absolute atomic E-state index is 13.2. The normalized spacial score (nSPS) is 32.7. The van der Waals surface area contributed by atoms with Crippen LogP contribution in [0.4, 0.5) is 0 Å². The van der Waals surface area contributed by atoms with E-state index in [-0.39, 0.29) is 33.2 Å². The molecular weight excluding hydrogens is 572 g/mol. The van der Waals surface area contributed by atoms with Crippen molar-refractivity contribution >= 4 is 40.0 Å². The Morgan fingerprint density at radius 2 is 1.12 bits per heavy atom. The van der Waals surface area contributed by atoms with Crippen LogP contribution in [0, 0.1) is 0 Å². The summed E-state index contributed by atoms with van der Waals surface area (Å²) in [6.45, 7) is 4.01.